The molecule has 3 aromatic rings. The third-order valence-corrected chi connectivity index (χ3v) is 5.54. The number of nitrogens with zero attached hydrogens (tertiary/aromatic N) is 6. The van der Waals surface area contributed by atoms with Crippen molar-refractivity contribution in [3.63, 3.8) is 0 Å². The van der Waals surface area contributed by atoms with E-state index in [2.05, 4.69) is 20.2 Å². The zero-order valence-electron chi connectivity index (χ0n) is 15.8. The molecule has 0 N–H and O–H groups in total. The summed E-state index contributed by atoms with van der Waals surface area (Å²) in [6, 6.07) is 3.98. The molecule has 1 aromatic carbocycles. The Morgan fingerprint density at radius 3 is 2.72 bits per heavy atom. The Labute approximate surface area is 166 Å². The number of hydrogen-bond donors (Lipinski definition) is 0. The van der Waals surface area contributed by atoms with Crippen LogP contribution in [-0.2, 0) is 0 Å². The number of carbonyl (C=O) groups excluding carboxylic acids is 1. The van der Waals surface area contributed by atoms with Gasteiger partial charge in [0.25, 0.3) is 5.91 Å². The van der Waals surface area contributed by atoms with E-state index in [1.807, 2.05) is 6.92 Å². The van der Waals surface area contributed by atoms with Crippen LogP contribution in [0.25, 0.3) is 5.69 Å². The summed E-state index contributed by atoms with van der Waals surface area (Å²) in [4.78, 5) is 24.9. The van der Waals surface area contributed by atoms with Crippen molar-refractivity contribution in [2.75, 3.05) is 6.54 Å². The predicted octanol–water partition coefficient (Wildman–Crippen LogP) is 2.19. The number of benzene rings is 1. The molecular formula is C20H19FN6O2. The summed E-state index contributed by atoms with van der Waals surface area (Å²) in [5.41, 5.74) is 1.50. The van der Waals surface area contributed by atoms with E-state index in [0.717, 1.165) is 18.5 Å². The lowest BCUT2D eigenvalue weighted by Gasteiger charge is -2.33. The Hall–Kier alpha value is -3.36. The standard InChI is InChI=1S/C20H19FN6O2/c1-12-9-23-19(10-22-12)29-18-7-13-6-17(18)26(11-13)20(28)15-8-14(21)2-3-16(15)27-24-4-5-25-27/h2-5,8-10,13,17-18H,6-7,11H2,1H3. The number of hydrogen-bond acceptors (Lipinski definition) is 6. The molecule has 1 saturated heterocycles. The Bertz CT molecular complexity index is 1040. The number of likely N-dealkylation sites (tertiary alicyclic amines) is 1. The molecule has 29 heavy (non-hydrogen) atoms. The van der Waals surface area contributed by atoms with Crippen LogP contribution in [0.1, 0.15) is 28.9 Å². The van der Waals surface area contributed by atoms with Crippen LogP contribution >= 0.6 is 0 Å². The minimum absolute atomic E-state index is 0.0858. The lowest BCUT2D eigenvalue weighted by atomic mass is 10.1. The first-order valence-corrected chi connectivity index (χ1v) is 9.51. The third kappa shape index (κ3) is 3.22. The summed E-state index contributed by atoms with van der Waals surface area (Å²) in [7, 11) is 0. The van der Waals surface area contributed by atoms with Gasteiger partial charge in [-0.25, -0.2) is 9.37 Å². The summed E-state index contributed by atoms with van der Waals surface area (Å²) in [5.74, 6) is 0.0869. The van der Waals surface area contributed by atoms with Crippen LogP contribution in [0.2, 0.25) is 0 Å². The van der Waals surface area contributed by atoms with Gasteiger partial charge in [-0.3, -0.25) is 9.78 Å². The molecular weight excluding hydrogens is 375 g/mol. The zero-order valence-corrected chi connectivity index (χ0v) is 15.8. The summed E-state index contributed by atoms with van der Waals surface area (Å²) in [6.07, 6.45) is 7.85. The molecule has 2 bridgehead atoms. The molecule has 1 aliphatic carbocycles. The van der Waals surface area contributed by atoms with Crippen LogP contribution in [0.5, 0.6) is 5.88 Å². The molecule has 0 spiro atoms. The molecule has 1 amide bonds. The van der Waals surface area contributed by atoms with E-state index < -0.39 is 5.82 Å². The quantitative estimate of drug-likeness (QED) is 0.674. The van der Waals surface area contributed by atoms with Crippen molar-refractivity contribution in [1.82, 2.24) is 29.9 Å². The number of halogens is 1. The second-order valence-electron chi connectivity index (χ2n) is 7.49. The minimum Gasteiger partial charge on any atom is -0.471 e. The number of carbonyl (C=O) groups is 1. The molecule has 1 saturated carbocycles. The van der Waals surface area contributed by atoms with E-state index in [1.165, 1.54) is 35.4 Å². The van der Waals surface area contributed by atoms with Crippen LogP contribution < -0.4 is 4.74 Å². The van der Waals surface area contributed by atoms with Crippen molar-refractivity contribution in [1.29, 1.82) is 0 Å². The summed E-state index contributed by atoms with van der Waals surface area (Å²) in [5, 5.41) is 8.17. The molecule has 2 aromatic heterocycles. The van der Waals surface area contributed by atoms with Crippen molar-refractivity contribution in [2.45, 2.75) is 31.9 Å². The van der Waals surface area contributed by atoms with Gasteiger partial charge in [-0.1, -0.05) is 0 Å². The van der Waals surface area contributed by atoms with Crippen LogP contribution in [0.15, 0.2) is 43.0 Å². The van der Waals surface area contributed by atoms with Gasteiger partial charge in [0.1, 0.15) is 11.9 Å². The van der Waals surface area contributed by atoms with Crippen molar-refractivity contribution < 1.29 is 13.9 Å². The predicted molar refractivity (Wildman–Crippen MR) is 100 cm³/mol. The monoisotopic (exact) mass is 394 g/mol. The number of aromatic nitrogens is 5. The zero-order chi connectivity index (χ0) is 20.0. The van der Waals surface area contributed by atoms with E-state index >= 15 is 0 Å². The SMILES string of the molecule is Cc1cnc(OC2CC3CC2N(C(=O)c2cc(F)ccc2-n2nccn2)C3)cn1. The van der Waals surface area contributed by atoms with Crippen molar-refractivity contribution in [3.05, 3.63) is 60.1 Å². The Balaban J connectivity index is 1.41. The molecule has 8 nitrogen and oxygen atoms in total. The highest BCUT2D eigenvalue weighted by molar-refractivity contribution is 5.98. The van der Waals surface area contributed by atoms with Crippen LogP contribution in [0, 0.1) is 18.7 Å². The Morgan fingerprint density at radius 1 is 1.17 bits per heavy atom. The van der Waals surface area contributed by atoms with Crippen molar-refractivity contribution >= 4 is 5.91 Å². The van der Waals surface area contributed by atoms with Crippen LogP contribution in [0.4, 0.5) is 4.39 Å². The maximum Gasteiger partial charge on any atom is 0.256 e. The number of amides is 1. The van der Waals surface area contributed by atoms with Gasteiger partial charge in [0, 0.05) is 6.54 Å². The average molecular weight is 394 g/mol. The van der Waals surface area contributed by atoms with E-state index in [1.54, 1.807) is 17.3 Å². The maximum absolute atomic E-state index is 14.0. The number of piperidine rings is 1. The van der Waals surface area contributed by atoms with Gasteiger partial charge in [-0.05, 0) is 43.9 Å². The molecule has 3 atom stereocenters. The summed E-state index contributed by atoms with van der Waals surface area (Å²) < 4.78 is 20.0. The highest BCUT2D eigenvalue weighted by atomic mass is 19.1. The summed E-state index contributed by atoms with van der Waals surface area (Å²) >= 11 is 0. The average Bonchev–Trinajstić information content (AvgIpc) is 3.46. The first-order chi connectivity index (χ1) is 14.1. The molecule has 2 fully saturated rings. The van der Waals surface area contributed by atoms with Gasteiger partial charge in [0.15, 0.2) is 0 Å². The lowest BCUT2D eigenvalue weighted by Crippen LogP contribution is -2.47. The van der Waals surface area contributed by atoms with Crippen LogP contribution in [-0.4, -0.2) is 54.5 Å². The number of ether oxygens (including phenoxy) is 1. The number of rotatable bonds is 4. The van der Waals surface area contributed by atoms with Gasteiger partial charge in [0.2, 0.25) is 5.88 Å². The van der Waals surface area contributed by atoms with E-state index in [4.69, 9.17) is 4.74 Å². The van der Waals surface area contributed by atoms with Crippen molar-refractivity contribution in [3.8, 4) is 11.6 Å². The number of fused-ring (bicyclic) bond motifs is 2. The van der Waals surface area contributed by atoms with Gasteiger partial charge in [0.05, 0.1) is 47.8 Å². The molecule has 3 unspecified atom stereocenters. The van der Waals surface area contributed by atoms with E-state index in [9.17, 15) is 9.18 Å². The van der Waals surface area contributed by atoms with Crippen molar-refractivity contribution in [2.24, 2.45) is 5.92 Å². The lowest BCUT2D eigenvalue weighted by molar-refractivity contribution is 0.0464. The molecule has 9 heteroatoms. The number of aryl methyl sites for hydroxylation is 1. The second-order valence-corrected chi connectivity index (χ2v) is 7.49. The highest BCUT2D eigenvalue weighted by Gasteiger charge is 2.48. The largest absolute Gasteiger partial charge is 0.471 e. The summed E-state index contributed by atoms with van der Waals surface area (Å²) in [6.45, 7) is 2.49. The van der Waals surface area contributed by atoms with Gasteiger partial charge < -0.3 is 9.64 Å². The highest BCUT2D eigenvalue weighted by Crippen LogP contribution is 2.40. The Kier molecular flexibility index (Phi) is 4.22. The maximum atomic E-state index is 14.0. The van der Waals surface area contributed by atoms with Crippen LogP contribution in [0.3, 0.4) is 0 Å². The van der Waals surface area contributed by atoms with Gasteiger partial charge >= 0.3 is 0 Å². The fraction of sp³-hybridized carbons (Fsp3) is 0.350. The first kappa shape index (κ1) is 17.7. The minimum atomic E-state index is -0.476. The fourth-order valence-corrected chi connectivity index (χ4v) is 4.27. The third-order valence-electron chi connectivity index (χ3n) is 5.54. The normalized spacial score (nSPS) is 22.8. The molecule has 148 valence electrons. The molecule has 1 aliphatic heterocycles. The Morgan fingerprint density at radius 2 is 2.00 bits per heavy atom. The van der Waals surface area contributed by atoms with E-state index in [0.29, 0.717) is 24.0 Å². The first-order valence-electron chi connectivity index (χ1n) is 9.51. The molecule has 0 radical (unpaired) electrons. The van der Waals surface area contributed by atoms with E-state index in [-0.39, 0.29) is 23.6 Å². The second kappa shape index (κ2) is 6.91. The fourth-order valence-electron chi connectivity index (χ4n) is 4.27. The van der Waals surface area contributed by atoms with Gasteiger partial charge in [-0.15, -0.1) is 0 Å². The smallest absolute Gasteiger partial charge is 0.256 e. The topological polar surface area (TPSA) is 86.0 Å². The van der Waals surface area contributed by atoms with Gasteiger partial charge in [-0.2, -0.15) is 15.0 Å². The molecule has 3 heterocycles. The molecule has 2 aliphatic rings. The molecule has 5 rings (SSSR count).